The maximum atomic E-state index is 12.4. The first-order valence-corrected chi connectivity index (χ1v) is 14.3. The van der Waals surface area contributed by atoms with Crippen LogP contribution in [0.3, 0.4) is 0 Å². The van der Waals surface area contributed by atoms with Gasteiger partial charge in [-0.05, 0) is 92.5 Å². The largest absolute Gasteiger partial charge is 0.504 e. The molecule has 0 aliphatic heterocycles. The molecule has 9 heteroatoms. The minimum atomic E-state index is -1.54. The molecule has 0 heterocycles. The fraction of sp³-hybridized carbons (Fsp3) is 0.677. The van der Waals surface area contributed by atoms with Crippen LogP contribution < -0.4 is 10.1 Å². The number of rotatable bonds is 6. The number of methoxy groups -OCH3 is 1. The third-order valence-electron chi connectivity index (χ3n) is 10.6. The van der Waals surface area contributed by atoms with Crippen molar-refractivity contribution in [1.82, 2.24) is 5.32 Å². The van der Waals surface area contributed by atoms with Gasteiger partial charge in [0.05, 0.1) is 19.3 Å². The molecule has 3 saturated carbocycles. The average Bonchev–Trinajstić information content (AvgIpc) is 3.19. The lowest BCUT2D eigenvalue weighted by molar-refractivity contribution is -0.182. The summed E-state index contributed by atoms with van der Waals surface area (Å²) in [4.78, 5) is 24.3. The van der Waals surface area contributed by atoms with Gasteiger partial charge in [0.25, 0.3) is 0 Å². The lowest BCUT2D eigenvalue weighted by atomic mass is 9.45. The summed E-state index contributed by atoms with van der Waals surface area (Å²) in [5.74, 6) is 0.590. The van der Waals surface area contributed by atoms with Gasteiger partial charge in [-0.15, -0.1) is 0 Å². The number of aromatic hydroxyl groups is 1. The van der Waals surface area contributed by atoms with E-state index in [4.69, 9.17) is 4.74 Å². The fourth-order valence-electron chi connectivity index (χ4n) is 8.49. The van der Waals surface area contributed by atoms with Gasteiger partial charge < -0.3 is 35.6 Å². The summed E-state index contributed by atoms with van der Waals surface area (Å²) in [5.41, 5.74) is -0.515. The standard InChI is InChI=1S/C21H30O5.C10H15NO3/c1-19-7-5-13(23)9-12(19)3-4-14-15-6-8-21(26,17(25)11-22)20(15,2)10-16(24)18(14)19;1-11-6-9(13)7-3-4-8(12)10(5-7)14-2/h9,14-16,18,22,24,26H,3-8,10-11H2,1-2H3;3-5,9,11-13H,6H2,1-2H3/t14-,15-,16-,18+,19-,20-,21-;/m0./s1. The molecule has 222 valence electrons. The number of ketones is 2. The zero-order valence-corrected chi connectivity index (χ0v) is 24.0. The second-order valence-corrected chi connectivity index (χ2v) is 12.6. The monoisotopic (exact) mass is 559 g/mol. The van der Waals surface area contributed by atoms with Crippen molar-refractivity contribution >= 4 is 11.6 Å². The van der Waals surface area contributed by atoms with Crippen molar-refractivity contribution in [2.45, 2.75) is 76.6 Å². The van der Waals surface area contributed by atoms with Crippen molar-refractivity contribution in [2.75, 3.05) is 27.3 Å². The summed E-state index contributed by atoms with van der Waals surface area (Å²) in [6, 6.07) is 4.80. The van der Waals surface area contributed by atoms with Crippen LogP contribution in [0, 0.1) is 28.6 Å². The van der Waals surface area contributed by atoms with E-state index in [-0.39, 0.29) is 34.7 Å². The number of fused-ring (bicyclic) bond motifs is 5. The molecule has 0 amide bonds. The van der Waals surface area contributed by atoms with Crippen LogP contribution in [0.15, 0.2) is 29.8 Å². The fourth-order valence-corrected chi connectivity index (χ4v) is 8.49. The van der Waals surface area contributed by atoms with E-state index in [9.17, 15) is 35.1 Å². The molecule has 4 aliphatic rings. The molecule has 40 heavy (non-hydrogen) atoms. The molecule has 0 saturated heterocycles. The highest BCUT2D eigenvalue weighted by Gasteiger charge is 2.68. The Morgan fingerprint density at radius 3 is 2.58 bits per heavy atom. The number of carbonyl (C=O) groups excluding carboxylic acids is 2. The highest BCUT2D eigenvalue weighted by Crippen LogP contribution is 2.67. The molecule has 0 radical (unpaired) electrons. The number of phenols is 1. The van der Waals surface area contributed by atoms with E-state index in [0.29, 0.717) is 37.1 Å². The first-order chi connectivity index (χ1) is 18.9. The number of aliphatic hydroxyl groups is 4. The topological polar surface area (TPSA) is 157 Å². The first kappa shape index (κ1) is 30.7. The Bertz CT molecular complexity index is 1150. The number of allylic oxidation sites excluding steroid dienone is 1. The predicted molar refractivity (Wildman–Crippen MR) is 149 cm³/mol. The van der Waals surface area contributed by atoms with E-state index in [1.165, 1.54) is 18.7 Å². The number of benzene rings is 1. The zero-order chi connectivity index (χ0) is 29.5. The lowest BCUT2D eigenvalue weighted by Crippen LogP contribution is -2.62. The van der Waals surface area contributed by atoms with Gasteiger partial charge in [-0.3, -0.25) is 9.59 Å². The second kappa shape index (κ2) is 11.5. The minimum absolute atomic E-state index is 0.0697. The highest BCUT2D eigenvalue weighted by atomic mass is 16.5. The van der Waals surface area contributed by atoms with Gasteiger partial charge in [-0.1, -0.05) is 25.5 Å². The van der Waals surface area contributed by atoms with Gasteiger partial charge in [0.15, 0.2) is 23.1 Å². The van der Waals surface area contributed by atoms with E-state index < -0.39 is 35.6 Å². The van der Waals surface area contributed by atoms with Gasteiger partial charge in [0.2, 0.25) is 0 Å². The summed E-state index contributed by atoms with van der Waals surface area (Å²) in [7, 11) is 3.24. The smallest absolute Gasteiger partial charge is 0.190 e. The number of hydrogen-bond donors (Lipinski definition) is 6. The summed E-state index contributed by atoms with van der Waals surface area (Å²) < 4.78 is 4.93. The summed E-state index contributed by atoms with van der Waals surface area (Å²) in [5, 5.41) is 53.5. The Balaban J connectivity index is 0.000000224. The molecule has 3 fully saturated rings. The molecule has 5 rings (SSSR count). The maximum absolute atomic E-state index is 12.4. The number of nitrogens with one attached hydrogen (secondary N) is 1. The number of phenolic OH excluding ortho intramolecular Hbond substituents is 1. The van der Waals surface area contributed by atoms with Crippen molar-refractivity contribution in [3.05, 3.63) is 35.4 Å². The van der Waals surface area contributed by atoms with Crippen LogP contribution >= 0.6 is 0 Å². The molecule has 6 N–H and O–H groups in total. The van der Waals surface area contributed by atoms with E-state index in [1.54, 1.807) is 25.3 Å². The zero-order valence-electron chi connectivity index (χ0n) is 24.0. The van der Waals surface area contributed by atoms with E-state index >= 15 is 0 Å². The first-order valence-electron chi connectivity index (χ1n) is 14.3. The Hall–Kier alpha value is -2.30. The molecular formula is C31H45NO8. The molecule has 8 atom stereocenters. The molecule has 9 nitrogen and oxygen atoms in total. The summed E-state index contributed by atoms with van der Waals surface area (Å²) in [6.07, 6.45) is 5.15. The van der Waals surface area contributed by atoms with E-state index in [2.05, 4.69) is 12.2 Å². The number of hydrogen-bond acceptors (Lipinski definition) is 9. The Morgan fingerprint density at radius 1 is 1.20 bits per heavy atom. The van der Waals surface area contributed by atoms with Crippen molar-refractivity contribution in [3.8, 4) is 11.5 Å². The molecule has 1 aromatic rings. The van der Waals surface area contributed by atoms with Crippen molar-refractivity contribution in [3.63, 3.8) is 0 Å². The van der Waals surface area contributed by atoms with Crippen molar-refractivity contribution in [2.24, 2.45) is 28.6 Å². The van der Waals surface area contributed by atoms with Crippen LogP contribution in [0.4, 0.5) is 0 Å². The van der Waals surface area contributed by atoms with E-state index in [0.717, 1.165) is 25.7 Å². The SMILES string of the molecule is CNCC(O)c1ccc(O)c(OC)c1.C[C@]12CCC(=O)C=C1CC[C@@H]1[C@@H]2[C@@H](O)C[C@@]2(C)[C@H]1CC[C@]2(O)C(=O)CO. The third kappa shape index (κ3) is 5.00. The molecule has 1 unspecified atom stereocenters. The van der Waals surface area contributed by atoms with Gasteiger partial charge in [0, 0.05) is 18.4 Å². The molecular weight excluding hydrogens is 514 g/mol. The number of Topliss-reactive ketones (excluding diaryl/α,β-unsaturated/α-hetero) is 1. The van der Waals surface area contributed by atoms with Crippen LogP contribution in [0.5, 0.6) is 11.5 Å². The van der Waals surface area contributed by atoms with Gasteiger partial charge in [0.1, 0.15) is 12.2 Å². The molecule has 0 spiro atoms. The number of ether oxygens (including phenoxy) is 1. The van der Waals surface area contributed by atoms with E-state index in [1.807, 2.05) is 6.92 Å². The molecule has 0 aromatic heterocycles. The van der Waals surface area contributed by atoms with Crippen LogP contribution in [0.25, 0.3) is 0 Å². The Kier molecular flexibility index (Phi) is 8.83. The van der Waals surface area contributed by atoms with Crippen molar-refractivity contribution in [1.29, 1.82) is 0 Å². The van der Waals surface area contributed by atoms with Crippen LogP contribution in [0.2, 0.25) is 0 Å². The predicted octanol–water partition coefficient (Wildman–Crippen LogP) is 2.44. The number of aliphatic hydroxyl groups excluding tert-OH is 3. The number of likely N-dealkylation sites (N-methyl/N-ethyl adjacent to an activating group) is 1. The van der Waals surface area contributed by atoms with Gasteiger partial charge >= 0.3 is 0 Å². The van der Waals surface area contributed by atoms with Crippen molar-refractivity contribution < 1.29 is 39.9 Å². The average molecular weight is 560 g/mol. The second-order valence-electron chi connectivity index (χ2n) is 12.6. The molecule has 4 aliphatic carbocycles. The normalized spacial score (nSPS) is 37.2. The molecule has 0 bridgehead atoms. The molecule has 1 aromatic carbocycles. The summed E-state index contributed by atoms with van der Waals surface area (Å²) in [6.45, 7) is 3.92. The highest BCUT2D eigenvalue weighted by molar-refractivity contribution is 5.91. The van der Waals surface area contributed by atoms with Crippen LogP contribution in [-0.2, 0) is 9.59 Å². The summed E-state index contributed by atoms with van der Waals surface area (Å²) >= 11 is 0. The Labute approximate surface area is 236 Å². The maximum Gasteiger partial charge on any atom is 0.190 e. The van der Waals surface area contributed by atoms with Gasteiger partial charge in [-0.2, -0.15) is 0 Å². The van der Waals surface area contributed by atoms with Crippen LogP contribution in [-0.4, -0.2) is 76.1 Å². The quantitative estimate of drug-likeness (QED) is 0.308. The Morgan fingerprint density at radius 2 is 1.93 bits per heavy atom. The van der Waals surface area contributed by atoms with Gasteiger partial charge in [-0.25, -0.2) is 0 Å². The number of carbonyl (C=O) groups is 2. The third-order valence-corrected chi connectivity index (χ3v) is 10.6. The van der Waals surface area contributed by atoms with Crippen LogP contribution in [0.1, 0.15) is 70.5 Å². The lowest BCUT2D eigenvalue weighted by Gasteiger charge is -2.60. The minimum Gasteiger partial charge on any atom is -0.504 e.